The molecule has 0 saturated heterocycles. The minimum atomic E-state index is -3.92. The standard InChI is InChI=1S/C25H21ClN2O4S/c1-17-10-12-20(15-24(17)33(30,31)28-23-9-5-4-8-22(23)26)27-25(29)16-32-21-13-11-18-6-2-3-7-19(18)14-21/h2-15,28H,16H2,1H3,(H,27,29). The molecule has 4 rings (SSSR count). The number of amides is 1. The van der Waals surface area contributed by atoms with Crippen molar-refractivity contribution in [3.8, 4) is 5.75 Å². The molecule has 0 aliphatic rings. The highest BCUT2D eigenvalue weighted by Gasteiger charge is 2.19. The zero-order valence-electron chi connectivity index (χ0n) is 17.7. The van der Waals surface area contributed by atoms with E-state index >= 15 is 0 Å². The van der Waals surface area contributed by atoms with Gasteiger partial charge in [-0.15, -0.1) is 0 Å². The fourth-order valence-electron chi connectivity index (χ4n) is 3.31. The first kappa shape index (κ1) is 22.6. The molecule has 0 aliphatic heterocycles. The van der Waals surface area contributed by atoms with E-state index in [0.29, 0.717) is 17.0 Å². The second-order valence-corrected chi connectivity index (χ2v) is 9.47. The summed E-state index contributed by atoms with van der Waals surface area (Å²) in [5.41, 5.74) is 1.14. The van der Waals surface area contributed by atoms with Gasteiger partial charge < -0.3 is 10.1 Å². The molecule has 1 amide bonds. The lowest BCUT2D eigenvalue weighted by Gasteiger charge is -2.14. The van der Waals surface area contributed by atoms with Gasteiger partial charge in [0.25, 0.3) is 15.9 Å². The van der Waals surface area contributed by atoms with Crippen LogP contribution in [0.4, 0.5) is 11.4 Å². The lowest BCUT2D eigenvalue weighted by atomic mass is 10.1. The zero-order valence-corrected chi connectivity index (χ0v) is 19.3. The van der Waals surface area contributed by atoms with Crippen LogP contribution in [0.2, 0.25) is 5.02 Å². The van der Waals surface area contributed by atoms with E-state index in [-0.39, 0.29) is 22.2 Å². The van der Waals surface area contributed by atoms with Crippen molar-refractivity contribution in [2.45, 2.75) is 11.8 Å². The Balaban J connectivity index is 1.45. The van der Waals surface area contributed by atoms with Crippen molar-refractivity contribution in [3.63, 3.8) is 0 Å². The van der Waals surface area contributed by atoms with Crippen molar-refractivity contribution in [1.29, 1.82) is 0 Å². The van der Waals surface area contributed by atoms with Crippen LogP contribution >= 0.6 is 11.6 Å². The molecular formula is C25H21ClN2O4S. The number of hydrogen-bond donors (Lipinski definition) is 2. The fourth-order valence-corrected chi connectivity index (χ4v) is 4.90. The summed E-state index contributed by atoms with van der Waals surface area (Å²) in [6.07, 6.45) is 0. The zero-order chi connectivity index (χ0) is 23.4. The van der Waals surface area contributed by atoms with Gasteiger partial charge in [-0.3, -0.25) is 9.52 Å². The first-order valence-electron chi connectivity index (χ1n) is 10.1. The Hall–Kier alpha value is -3.55. The largest absolute Gasteiger partial charge is 0.484 e. The first-order chi connectivity index (χ1) is 15.8. The van der Waals surface area contributed by atoms with E-state index in [1.165, 1.54) is 6.07 Å². The molecule has 33 heavy (non-hydrogen) atoms. The van der Waals surface area contributed by atoms with Gasteiger partial charge in [0.2, 0.25) is 0 Å². The Morgan fingerprint density at radius 1 is 0.909 bits per heavy atom. The molecule has 6 nitrogen and oxygen atoms in total. The lowest BCUT2D eigenvalue weighted by Crippen LogP contribution is -2.21. The van der Waals surface area contributed by atoms with Crippen LogP contribution in [0.15, 0.2) is 89.8 Å². The van der Waals surface area contributed by atoms with E-state index in [2.05, 4.69) is 10.0 Å². The molecule has 0 aromatic heterocycles. The topological polar surface area (TPSA) is 84.5 Å². The Morgan fingerprint density at radius 2 is 1.64 bits per heavy atom. The predicted octanol–water partition coefficient (Wildman–Crippen LogP) is 5.62. The monoisotopic (exact) mass is 480 g/mol. The molecule has 0 fully saturated rings. The van der Waals surface area contributed by atoms with E-state index < -0.39 is 15.9 Å². The number of hydrogen-bond acceptors (Lipinski definition) is 4. The van der Waals surface area contributed by atoms with E-state index in [9.17, 15) is 13.2 Å². The molecule has 0 atom stereocenters. The number of para-hydroxylation sites is 1. The van der Waals surface area contributed by atoms with E-state index in [0.717, 1.165) is 10.8 Å². The van der Waals surface area contributed by atoms with E-state index in [1.54, 1.807) is 49.4 Å². The molecule has 2 N–H and O–H groups in total. The summed E-state index contributed by atoms with van der Waals surface area (Å²) in [7, 11) is -3.92. The Kier molecular flexibility index (Phi) is 6.53. The van der Waals surface area contributed by atoms with Gasteiger partial charge in [-0.25, -0.2) is 8.42 Å². The van der Waals surface area contributed by atoms with Crippen molar-refractivity contribution in [1.82, 2.24) is 0 Å². The summed E-state index contributed by atoms with van der Waals surface area (Å²) in [6.45, 7) is 1.46. The molecule has 8 heteroatoms. The summed E-state index contributed by atoms with van der Waals surface area (Å²) in [5.74, 6) is 0.161. The molecule has 0 bridgehead atoms. The van der Waals surface area contributed by atoms with Gasteiger partial charge in [0.1, 0.15) is 5.75 Å². The molecule has 0 saturated carbocycles. The van der Waals surface area contributed by atoms with Crippen molar-refractivity contribution >= 4 is 49.7 Å². The number of ether oxygens (including phenoxy) is 1. The molecule has 168 valence electrons. The quantitative estimate of drug-likeness (QED) is 0.359. The predicted molar refractivity (Wildman–Crippen MR) is 132 cm³/mol. The third-order valence-electron chi connectivity index (χ3n) is 4.97. The van der Waals surface area contributed by atoms with Gasteiger partial charge in [-0.1, -0.05) is 60.1 Å². The van der Waals surface area contributed by atoms with Crippen LogP contribution in [0.1, 0.15) is 5.56 Å². The average Bonchev–Trinajstić information content (AvgIpc) is 2.80. The SMILES string of the molecule is Cc1ccc(NC(=O)COc2ccc3ccccc3c2)cc1S(=O)(=O)Nc1ccccc1Cl. The number of carbonyl (C=O) groups is 1. The van der Waals surface area contributed by atoms with Gasteiger partial charge >= 0.3 is 0 Å². The van der Waals surface area contributed by atoms with E-state index in [4.69, 9.17) is 16.3 Å². The first-order valence-corrected chi connectivity index (χ1v) is 12.0. The van der Waals surface area contributed by atoms with E-state index in [1.807, 2.05) is 36.4 Å². The maximum atomic E-state index is 12.9. The lowest BCUT2D eigenvalue weighted by molar-refractivity contribution is -0.118. The second kappa shape index (κ2) is 9.52. The van der Waals surface area contributed by atoms with Crippen LogP contribution in [-0.4, -0.2) is 20.9 Å². The number of carbonyl (C=O) groups excluding carboxylic acids is 1. The highest BCUT2D eigenvalue weighted by molar-refractivity contribution is 7.92. The van der Waals surface area contributed by atoms with Gasteiger partial charge in [0, 0.05) is 5.69 Å². The molecule has 0 spiro atoms. The van der Waals surface area contributed by atoms with Gasteiger partial charge in [0.15, 0.2) is 6.61 Å². The van der Waals surface area contributed by atoms with Crippen LogP contribution in [0, 0.1) is 6.92 Å². The molecule has 4 aromatic carbocycles. The normalized spacial score (nSPS) is 11.2. The molecule has 0 radical (unpaired) electrons. The van der Waals surface area contributed by atoms with Crippen molar-refractivity contribution in [2.24, 2.45) is 0 Å². The van der Waals surface area contributed by atoms with Crippen molar-refractivity contribution in [2.75, 3.05) is 16.6 Å². The fraction of sp³-hybridized carbons (Fsp3) is 0.0800. The number of sulfonamides is 1. The van der Waals surface area contributed by atoms with Gasteiger partial charge in [-0.2, -0.15) is 0 Å². The molecule has 0 heterocycles. The van der Waals surface area contributed by atoms with Crippen molar-refractivity contribution < 1.29 is 17.9 Å². The summed E-state index contributed by atoms with van der Waals surface area (Å²) >= 11 is 6.08. The van der Waals surface area contributed by atoms with Crippen LogP contribution in [0.3, 0.4) is 0 Å². The Morgan fingerprint density at radius 3 is 2.42 bits per heavy atom. The van der Waals surface area contributed by atoms with Gasteiger partial charge in [-0.05, 0) is 59.7 Å². The van der Waals surface area contributed by atoms with Crippen LogP contribution < -0.4 is 14.8 Å². The number of nitrogens with one attached hydrogen (secondary N) is 2. The molecule has 4 aromatic rings. The summed E-state index contributed by atoms with van der Waals surface area (Å²) < 4.78 is 33.9. The maximum Gasteiger partial charge on any atom is 0.262 e. The number of rotatable bonds is 7. The minimum Gasteiger partial charge on any atom is -0.484 e. The summed E-state index contributed by atoms with van der Waals surface area (Å²) in [6, 6.07) is 24.7. The van der Waals surface area contributed by atoms with Crippen LogP contribution in [-0.2, 0) is 14.8 Å². The maximum absolute atomic E-state index is 12.9. The average molecular weight is 481 g/mol. The van der Waals surface area contributed by atoms with Crippen LogP contribution in [0.5, 0.6) is 5.75 Å². The number of fused-ring (bicyclic) bond motifs is 1. The number of halogens is 1. The third-order valence-corrected chi connectivity index (χ3v) is 6.81. The third kappa shape index (κ3) is 5.45. The second-order valence-electron chi connectivity index (χ2n) is 7.41. The Labute approximate surface area is 197 Å². The number of anilines is 2. The summed E-state index contributed by atoms with van der Waals surface area (Å²) in [4.78, 5) is 12.4. The highest BCUT2D eigenvalue weighted by atomic mass is 35.5. The Bertz CT molecular complexity index is 1440. The molecule has 0 unspecified atom stereocenters. The highest BCUT2D eigenvalue weighted by Crippen LogP contribution is 2.27. The number of aryl methyl sites for hydroxylation is 1. The smallest absolute Gasteiger partial charge is 0.262 e. The van der Waals surface area contributed by atoms with Crippen LogP contribution in [0.25, 0.3) is 10.8 Å². The molecular weight excluding hydrogens is 460 g/mol. The molecule has 0 aliphatic carbocycles. The minimum absolute atomic E-state index is 0.0377. The van der Waals surface area contributed by atoms with Gasteiger partial charge in [0.05, 0.1) is 15.6 Å². The number of benzene rings is 4. The summed E-state index contributed by atoms with van der Waals surface area (Å²) in [5, 5.41) is 5.05. The van der Waals surface area contributed by atoms with Crippen molar-refractivity contribution in [3.05, 3.63) is 95.5 Å².